The van der Waals surface area contributed by atoms with Gasteiger partial charge < -0.3 is 20.4 Å². The van der Waals surface area contributed by atoms with Gasteiger partial charge >= 0.3 is 0 Å². The average Bonchev–Trinajstić information content (AvgIpc) is 3.25. The van der Waals surface area contributed by atoms with Crippen LogP contribution in [0.15, 0.2) is 0 Å². The SMILES string of the molecule is O=C(CC1CCC2(CC1)OOC1(OO2)C2CC3CC(C2)CC1C3)NCCCN1CCN(CCCNC(=O)CC2CCC3(CC2)OOC2(OO3)C3CC4CC(C3)CC2C4)CC1. The number of carbonyl (C=O) groups excluding carboxylic acids is 2. The van der Waals surface area contributed by atoms with Crippen LogP contribution in [-0.2, 0) is 48.7 Å². The van der Waals surface area contributed by atoms with Crippen LogP contribution in [0.4, 0.5) is 0 Å². The molecular weight excluding hydrogens is 769 g/mol. The Kier molecular flexibility index (Phi) is 11.6. The highest BCUT2D eigenvalue weighted by atomic mass is 17.4. The molecule has 13 fully saturated rings. The first-order valence-corrected chi connectivity index (χ1v) is 24.7. The van der Waals surface area contributed by atoms with E-state index in [2.05, 4.69) is 20.4 Å². The summed E-state index contributed by atoms with van der Waals surface area (Å²) in [6.07, 6.45) is 21.3. The summed E-state index contributed by atoms with van der Waals surface area (Å²) in [5, 5.41) is 6.35. The van der Waals surface area contributed by atoms with Gasteiger partial charge in [0.25, 0.3) is 0 Å². The lowest BCUT2D eigenvalue weighted by atomic mass is 9.53. The first-order valence-electron chi connectivity index (χ1n) is 24.7. The van der Waals surface area contributed by atoms with E-state index in [1.165, 1.54) is 12.8 Å². The van der Waals surface area contributed by atoms with Crippen molar-refractivity contribution in [3.8, 4) is 0 Å². The van der Waals surface area contributed by atoms with Crippen LogP contribution < -0.4 is 10.6 Å². The van der Waals surface area contributed by atoms with Gasteiger partial charge in [-0.2, -0.15) is 39.1 Å². The van der Waals surface area contributed by atoms with Gasteiger partial charge in [-0.1, -0.05) is 0 Å². The second-order valence-electron chi connectivity index (χ2n) is 21.9. The van der Waals surface area contributed by atoms with Crippen molar-refractivity contribution in [3.63, 3.8) is 0 Å². The second-order valence-corrected chi connectivity index (χ2v) is 21.9. The summed E-state index contributed by atoms with van der Waals surface area (Å²) in [5.74, 6) is 2.62. The van der Waals surface area contributed by atoms with Gasteiger partial charge in [-0.3, -0.25) is 9.59 Å². The van der Waals surface area contributed by atoms with E-state index in [-0.39, 0.29) is 11.8 Å². The molecule has 0 radical (unpaired) electrons. The van der Waals surface area contributed by atoms with Crippen LogP contribution in [0.3, 0.4) is 0 Å². The molecule has 4 spiro atoms. The summed E-state index contributed by atoms with van der Waals surface area (Å²) < 4.78 is 0. The van der Waals surface area contributed by atoms with Gasteiger partial charge in [-0.25, -0.2) is 0 Å². The van der Waals surface area contributed by atoms with Crippen LogP contribution in [0.1, 0.15) is 141 Å². The lowest BCUT2D eigenvalue weighted by Crippen LogP contribution is -2.64. The molecule has 3 saturated heterocycles. The van der Waals surface area contributed by atoms with Crippen molar-refractivity contribution in [2.75, 3.05) is 52.4 Å². The fourth-order valence-corrected chi connectivity index (χ4v) is 14.8. The molecule has 0 aromatic carbocycles. The molecule has 10 aliphatic carbocycles. The van der Waals surface area contributed by atoms with Crippen LogP contribution in [0, 0.1) is 59.2 Å². The molecule has 3 aliphatic heterocycles. The smallest absolute Gasteiger partial charge is 0.239 e. The Hall–Kier alpha value is -1.46. The Labute approximate surface area is 356 Å². The minimum Gasteiger partial charge on any atom is -0.356 e. The number of carbonyl (C=O) groups is 2. The third-order valence-electron chi connectivity index (χ3n) is 17.9. The van der Waals surface area contributed by atoms with Gasteiger partial charge in [0.15, 0.2) is 0 Å². The highest BCUT2D eigenvalue weighted by Crippen LogP contribution is 2.63. The zero-order valence-corrected chi connectivity index (χ0v) is 36.0. The Bertz CT molecular complexity index is 1350. The van der Waals surface area contributed by atoms with E-state index in [4.69, 9.17) is 39.1 Å². The molecule has 8 bridgehead atoms. The Morgan fingerprint density at radius 3 is 1.08 bits per heavy atom. The predicted molar refractivity (Wildman–Crippen MR) is 215 cm³/mol. The minimum absolute atomic E-state index is 0.143. The summed E-state index contributed by atoms with van der Waals surface area (Å²) in [5.41, 5.74) is 0. The molecule has 336 valence electrons. The maximum absolute atomic E-state index is 12.8. The number of amides is 2. The number of hydrogen-bond acceptors (Lipinski definition) is 12. The topological polar surface area (TPSA) is 139 Å². The van der Waals surface area contributed by atoms with Gasteiger partial charge in [-0.05, 0) is 151 Å². The second kappa shape index (κ2) is 16.8. The molecule has 13 rings (SSSR count). The molecule has 10 saturated carbocycles. The van der Waals surface area contributed by atoms with Crippen LogP contribution in [0.2, 0.25) is 0 Å². The predicted octanol–water partition coefficient (Wildman–Crippen LogP) is 6.29. The van der Waals surface area contributed by atoms with Crippen molar-refractivity contribution in [2.24, 2.45) is 59.2 Å². The third-order valence-corrected chi connectivity index (χ3v) is 17.9. The van der Waals surface area contributed by atoms with Crippen molar-refractivity contribution >= 4 is 11.8 Å². The van der Waals surface area contributed by atoms with E-state index in [0.717, 1.165) is 153 Å². The molecule has 0 atom stereocenters. The monoisotopic (exact) mass is 841 g/mol. The Balaban J connectivity index is 0.506. The standard InChI is InChI=1S/C46H72N4O10/c51-41(29-31-3-7-43(8-4-31)53-57-45(58-54-43)37-21-33-19-34(23-37)24-38(45)22-33)47-11-1-13-49-15-17-50(18-16-49)14-2-12-48-42(52)30-32-5-9-44(10-6-32)55-59-46(60-56-44)39-25-35-20-36(27-39)28-40(46)26-35/h31-40H,1-30H2,(H,47,51)(H,48,52). The first kappa shape index (κ1) is 41.3. The number of hydrogen-bond donors (Lipinski definition) is 2. The normalized spacial score (nSPS) is 47.1. The van der Waals surface area contributed by atoms with Crippen LogP contribution in [-0.4, -0.2) is 97.1 Å². The minimum atomic E-state index is -0.834. The molecule has 14 nitrogen and oxygen atoms in total. The fraction of sp³-hybridized carbons (Fsp3) is 0.957. The van der Waals surface area contributed by atoms with Gasteiger partial charge in [-0.15, -0.1) is 0 Å². The fourth-order valence-electron chi connectivity index (χ4n) is 14.8. The summed E-state index contributed by atoms with van der Waals surface area (Å²) in [4.78, 5) is 79.8. The molecule has 0 aromatic heterocycles. The zero-order valence-electron chi connectivity index (χ0n) is 36.0. The van der Waals surface area contributed by atoms with Crippen molar-refractivity contribution < 1.29 is 48.7 Å². The number of nitrogens with zero attached hydrogens (tertiary/aromatic N) is 2. The van der Waals surface area contributed by atoms with E-state index < -0.39 is 23.1 Å². The molecule has 14 heteroatoms. The third kappa shape index (κ3) is 8.12. The number of nitrogens with one attached hydrogen (secondary N) is 2. The van der Waals surface area contributed by atoms with Crippen molar-refractivity contribution in [2.45, 2.75) is 164 Å². The molecule has 0 aromatic rings. The van der Waals surface area contributed by atoms with Crippen molar-refractivity contribution in [3.05, 3.63) is 0 Å². The summed E-state index contributed by atoms with van der Waals surface area (Å²) >= 11 is 0. The summed E-state index contributed by atoms with van der Waals surface area (Å²) in [6, 6.07) is 0. The van der Waals surface area contributed by atoms with Gasteiger partial charge in [0, 0.05) is 101 Å². The molecule has 13 aliphatic rings. The van der Waals surface area contributed by atoms with Gasteiger partial charge in [0.05, 0.1) is 0 Å². The van der Waals surface area contributed by atoms with E-state index in [9.17, 15) is 9.59 Å². The van der Waals surface area contributed by atoms with Crippen LogP contribution in [0.5, 0.6) is 0 Å². The molecule has 0 unspecified atom stereocenters. The van der Waals surface area contributed by atoms with Crippen LogP contribution in [0.25, 0.3) is 0 Å². The summed E-state index contributed by atoms with van der Waals surface area (Å²) in [6.45, 7) is 7.59. The zero-order chi connectivity index (χ0) is 40.4. The van der Waals surface area contributed by atoms with Crippen molar-refractivity contribution in [1.82, 2.24) is 20.4 Å². The molecular formula is C46H72N4O10. The lowest BCUT2D eigenvalue weighted by Gasteiger charge is -2.60. The quantitative estimate of drug-likeness (QED) is 0.169. The lowest BCUT2D eigenvalue weighted by molar-refractivity contribution is -0.680. The van der Waals surface area contributed by atoms with E-state index in [1.54, 1.807) is 0 Å². The van der Waals surface area contributed by atoms with Gasteiger partial charge in [0.2, 0.25) is 35.0 Å². The van der Waals surface area contributed by atoms with Crippen molar-refractivity contribution in [1.29, 1.82) is 0 Å². The number of piperazine rings is 1. The molecule has 60 heavy (non-hydrogen) atoms. The molecule has 2 N–H and O–H groups in total. The van der Waals surface area contributed by atoms with Crippen LogP contribution >= 0.6 is 0 Å². The van der Waals surface area contributed by atoms with E-state index in [1.807, 2.05) is 0 Å². The van der Waals surface area contributed by atoms with E-state index >= 15 is 0 Å². The Morgan fingerprint density at radius 1 is 0.450 bits per heavy atom. The maximum atomic E-state index is 12.8. The maximum Gasteiger partial charge on any atom is 0.239 e. The van der Waals surface area contributed by atoms with E-state index in [0.29, 0.717) is 87.1 Å². The number of rotatable bonds is 12. The average molecular weight is 841 g/mol. The Morgan fingerprint density at radius 2 is 0.767 bits per heavy atom. The first-order chi connectivity index (χ1) is 29.2. The summed E-state index contributed by atoms with van der Waals surface area (Å²) in [7, 11) is 0. The molecule has 3 heterocycles. The highest BCUT2D eigenvalue weighted by Gasteiger charge is 2.66. The largest absolute Gasteiger partial charge is 0.356 e. The molecule has 2 amide bonds. The highest BCUT2D eigenvalue weighted by molar-refractivity contribution is 5.76. The van der Waals surface area contributed by atoms with Gasteiger partial charge in [0.1, 0.15) is 0 Å².